The van der Waals surface area contributed by atoms with E-state index in [2.05, 4.69) is 5.10 Å². The van der Waals surface area contributed by atoms with E-state index >= 15 is 0 Å². The highest BCUT2D eigenvalue weighted by molar-refractivity contribution is 5.75. The number of nitrogens with one attached hydrogen (secondary N) is 1. The van der Waals surface area contributed by atoms with E-state index in [-0.39, 0.29) is 11.3 Å². The molecule has 0 bridgehead atoms. The first kappa shape index (κ1) is 8.77. The molecule has 0 aliphatic carbocycles. The van der Waals surface area contributed by atoms with Gasteiger partial charge in [0.1, 0.15) is 5.78 Å². The summed E-state index contributed by atoms with van der Waals surface area (Å²) in [5.41, 5.74) is 0.756. The molecule has 1 N–H and O–H groups in total. The lowest BCUT2D eigenvalue weighted by molar-refractivity contribution is -0.117. The largest absolute Gasteiger partial charge is 0.300 e. The minimum absolute atomic E-state index is 0.115. The Balaban J connectivity index is 2.69. The molecule has 0 aliphatic rings. The molecule has 0 amide bonds. The number of H-pyrrole nitrogens is 1. The zero-order valence-corrected chi connectivity index (χ0v) is 7.26. The topological polar surface area (TPSA) is 54.9 Å². The maximum absolute atomic E-state index is 10.8. The molecule has 0 spiro atoms. The van der Waals surface area contributed by atoms with Gasteiger partial charge in [-0.1, -0.05) is 0 Å². The van der Waals surface area contributed by atoms with E-state index in [4.69, 9.17) is 0 Å². The minimum atomic E-state index is -0.115. The Hall–Kier alpha value is -1.32. The number of nitrogens with zero attached hydrogens (tertiary/aromatic N) is 1. The standard InChI is InChI=1S/C8H12N2O2/c1-6(11)3-4-7-5-8(12)9-10(7)2/h5H,3-4H2,1-2H3,(H,9,12). The average molecular weight is 168 g/mol. The van der Waals surface area contributed by atoms with Gasteiger partial charge >= 0.3 is 0 Å². The van der Waals surface area contributed by atoms with Crippen molar-refractivity contribution in [1.82, 2.24) is 9.78 Å². The Labute approximate surface area is 70.2 Å². The number of aromatic amines is 1. The molecule has 12 heavy (non-hydrogen) atoms. The number of carbonyl (C=O) groups is 1. The molecule has 1 rings (SSSR count). The second kappa shape index (κ2) is 3.38. The van der Waals surface area contributed by atoms with Crippen LogP contribution >= 0.6 is 0 Å². The van der Waals surface area contributed by atoms with Crippen LogP contribution in [0.4, 0.5) is 0 Å². The first-order valence-electron chi connectivity index (χ1n) is 3.84. The maximum Gasteiger partial charge on any atom is 0.264 e. The van der Waals surface area contributed by atoms with Crippen LogP contribution in [0.3, 0.4) is 0 Å². The molecule has 1 aromatic rings. The lowest BCUT2D eigenvalue weighted by atomic mass is 10.2. The fourth-order valence-electron chi connectivity index (χ4n) is 1.06. The highest BCUT2D eigenvalue weighted by Crippen LogP contribution is 1.97. The van der Waals surface area contributed by atoms with Crippen LogP contribution in [0, 0.1) is 0 Å². The second-order valence-electron chi connectivity index (χ2n) is 2.87. The number of carbonyl (C=O) groups excluding carboxylic acids is 1. The van der Waals surface area contributed by atoms with Gasteiger partial charge in [-0.25, -0.2) is 0 Å². The van der Waals surface area contributed by atoms with E-state index in [1.54, 1.807) is 18.7 Å². The van der Waals surface area contributed by atoms with Crippen LogP contribution in [0.5, 0.6) is 0 Å². The van der Waals surface area contributed by atoms with Gasteiger partial charge in [-0.15, -0.1) is 0 Å². The second-order valence-corrected chi connectivity index (χ2v) is 2.87. The number of hydrogen-bond donors (Lipinski definition) is 1. The third kappa shape index (κ3) is 2.08. The predicted octanol–water partition coefficient (Wildman–Crippen LogP) is 0.235. The van der Waals surface area contributed by atoms with Crippen LogP contribution in [-0.2, 0) is 18.3 Å². The van der Waals surface area contributed by atoms with Crippen LogP contribution in [0.25, 0.3) is 0 Å². The Morgan fingerprint density at radius 3 is 2.75 bits per heavy atom. The smallest absolute Gasteiger partial charge is 0.264 e. The zero-order chi connectivity index (χ0) is 9.14. The van der Waals surface area contributed by atoms with Crippen molar-refractivity contribution in [3.05, 3.63) is 22.1 Å². The first-order chi connectivity index (χ1) is 5.59. The van der Waals surface area contributed by atoms with Crippen LogP contribution in [0.1, 0.15) is 19.0 Å². The molecule has 4 nitrogen and oxygen atoms in total. The SMILES string of the molecule is CC(=O)CCc1cc(=O)[nH]n1C. The summed E-state index contributed by atoms with van der Waals surface area (Å²) in [5, 5.41) is 2.58. The van der Waals surface area contributed by atoms with Crippen LogP contribution in [0.15, 0.2) is 10.9 Å². The number of Topliss-reactive ketones (excluding diaryl/α,β-unsaturated/α-hetero) is 1. The predicted molar refractivity (Wildman–Crippen MR) is 45.0 cm³/mol. The van der Waals surface area contributed by atoms with E-state index in [1.165, 1.54) is 6.07 Å². The summed E-state index contributed by atoms with van der Waals surface area (Å²) in [4.78, 5) is 21.4. The molecular weight excluding hydrogens is 156 g/mol. The summed E-state index contributed by atoms with van der Waals surface area (Å²) in [6, 6.07) is 1.52. The summed E-state index contributed by atoms with van der Waals surface area (Å²) in [6.45, 7) is 1.55. The molecule has 0 radical (unpaired) electrons. The van der Waals surface area contributed by atoms with E-state index < -0.39 is 0 Å². The van der Waals surface area contributed by atoms with Crippen molar-refractivity contribution >= 4 is 5.78 Å². The molecule has 1 heterocycles. The lowest BCUT2D eigenvalue weighted by Gasteiger charge is -1.98. The van der Waals surface area contributed by atoms with Crippen LogP contribution in [0.2, 0.25) is 0 Å². The van der Waals surface area contributed by atoms with Gasteiger partial charge in [0.15, 0.2) is 0 Å². The fraction of sp³-hybridized carbons (Fsp3) is 0.500. The average Bonchev–Trinajstić information content (AvgIpc) is 2.26. The normalized spacial score (nSPS) is 10.2. The fourth-order valence-corrected chi connectivity index (χ4v) is 1.06. The van der Waals surface area contributed by atoms with Crippen molar-refractivity contribution < 1.29 is 4.79 Å². The molecule has 4 heteroatoms. The molecule has 0 atom stereocenters. The number of rotatable bonds is 3. The first-order valence-corrected chi connectivity index (χ1v) is 3.84. The Morgan fingerprint density at radius 2 is 2.33 bits per heavy atom. The van der Waals surface area contributed by atoms with E-state index in [0.717, 1.165) is 5.69 Å². The maximum atomic E-state index is 10.8. The van der Waals surface area contributed by atoms with E-state index in [0.29, 0.717) is 12.8 Å². The summed E-state index contributed by atoms with van der Waals surface area (Å²) in [7, 11) is 1.76. The quantitative estimate of drug-likeness (QED) is 0.702. The molecule has 0 saturated carbocycles. The van der Waals surface area contributed by atoms with Crippen molar-refractivity contribution in [2.75, 3.05) is 0 Å². The summed E-state index contributed by atoms with van der Waals surface area (Å²) < 4.78 is 1.64. The minimum Gasteiger partial charge on any atom is -0.300 e. The van der Waals surface area contributed by atoms with Crippen molar-refractivity contribution in [1.29, 1.82) is 0 Å². The van der Waals surface area contributed by atoms with Crippen molar-refractivity contribution in [2.24, 2.45) is 7.05 Å². The Kier molecular flexibility index (Phi) is 2.47. The summed E-state index contributed by atoms with van der Waals surface area (Å²) in [6.07, 6.45) is 1.12. The molecular formula is C8H12N2O2. The van der Waals surface area contributed by atoms with Gasteiger partial charge in [0.05, 0.1) is 0 Å². The lowest BCUT2D eigenvalue weighted by Crippen LogP contribution is -2.03. The van der Waals surface area contributed by atoms with Gasteiger partial charge < -0.3 is 4.79 Å². The van der Waals surface area contributed by atoms with Gasteiger partial charge in [0.2, 0.25) is 0 Å². The van der Waals surface area contributed by atoms with Crippen molar-refractivity contribution in [3.63, 3.8) is 0 Å². The zero-order valence-electron chi connectivity index (χ0n) is 7.26. The molecule has 66 valence electrons. The van der Waals surface area contributed by atoms with E-state index in [9.17, 15) is 9.59 Å². The summed E-state index contributed by atoms with van der Waals surface area (Å²) >= 11 is 0. The Morgan fingerprint density at radius 1 is 1.67 bits per heavy atom. The van der Waals surface area contributed by atoms with E-state index in [1.807, 2.05) is 0 Å². The van der Waals surface area contributed by atoms with Crippen molar-refractivity contribution in [3.8, 4) is 0 Å². The van der Waals surface area contributed by atoms with Crippen LogP contribution in [-0.4, -0.2) is 15.6 Å². The molecule has 0 aliphatic heterocycles. The van der Waals surface area contributed by atoms with Crippen LogP contribution < -0.4 is 5.56 Å². The molecule has 0 saturated heterocycles. The Bertz CT molecular complexity index is 335. The number of aryl methyl sites for hydroxylation is 2. The van der Waals surface area contributed by atoms with Gasteiger partial charge in [0, 0.05) is 25.2 Å². The monoisotopic (exact) mass is 168 g/mol. The molecule has 0 aromatic carbocycles. The van der Waals surface area contributed by atoms with Gasteiger partial charge in [-0.3, -0.25) is 14.6 Å². The molecule has 0 unspecified atom stereocenters. The van der Waals surface area contributed by atoms with Crippen molar-refractivity contribution in [2.45, 2.75) is 19.8 Å². The number of ketones is 1. The number of hydrogen-bond acceptors (Lipinski definition) is 2. The number of aromatic nitrogens is 2. The summed E-state index contributed by atoms with van der Waals surface area (Å²) in [5.74, 6) is 0.142. The van der Waals surface area contributed by atoms with Gasteiger partial charge in [-0.2, -0.15) is 0 Å². The molecule has 1 aromatic heterocycles. The van der Waals surface area contributed by atoms with Gasteiger partial charge in [-0.05, 0) is 13.3 Å². The molecule has 0 fully saturated rings. The third-order valence-corrected chi connectivity index (χ3v) is 1.74. The highest BCUT2D eigenvalue weighted by atomic mass is 16.1. The highest BCUT2D eigenvalue weighted by Gasteiger charge is 2.01. The van der Waals surface area contributed by atoms with Gasteiger partial charge in [0.25, 0.3) is 5.56 Å². The third-order valence-electron chi connectivity index (χ3n) is 1.74.